The first-order valence-electron chi connectivity index (χ1n) is 4.81. The molecule has 1 aliphatic rings. The lowest BCUT2D eigenvalue weighted by molar-refractivity contribution is -0.131. The molecule has 0 saturated carbocycles. The van der Waals surface area contributed by atoms with Gasteiger partial charge in [-0.2, -0.15) is 0 Å². The van der Waals surface area contributed by atoms with Crippen molar-refractivity contribution in [2.75, 3.05) is 26.2 Å². The molecule has 1 saturated heterocycles. The minimum atomic E-state index is -1.17. The third kappa shape index (κ3) is 3.99. The standard InChI is InChI=1S/C9H13N3O4/c13-7(1-2-8(14)15)10-3-5-12-6-4-11-9(12)16/h1-2H,3-6H2,(H,10,13)(H,11,16)(H,14,15). The van der Waals surface area contributed by atoms with Crippen LogP contribution in [0.5, 0.6) is 0 Å². The fraction of sp³-hybridized carbons (Fsp3) is 0.444. The SMILES string of the molecule is O=C(O)C=CC(=O)NCCN1CCNC1=O. The Labute approximate surface area is 92.1 Å². The predicted octanol–water partition coefficient (Wildman–Crippen LogP) is -1.23. The second kappa shape index (κ2) is 5.74. The van der Waals surface area contributed by atoms with E-state index in [0.717, 1.165) is 12.2 Å². The summed E-state index contributed by atoms with van der Waals surface area (Å²) in [4.78, 5) is 33.8. The molecular formula is C9H13N3O4. The van der Waals surface area contributed by atoms with Crippen molar-refractivity contribution in [3.63, 3.8) is 0 Å². The highest BCUT2D eigenvalue weighted by atomic mass is 16.4. The zero-order valence-electron chi connectivity index (χ0n) is 8.60. The average molecular weight is 227 g/mol. The van der Waals surface area contributed by atoms with Crippen molar-refractivity contribution in [2.24, 2.45) is 0 Å². The largest absolute Gasteiger partial charge is 0.478 e. The van der Waals surface area contributed by atoms with E-state index in [0.29, 0.717) is 26.2 Å². The summed E-state index contributed by atoms with van der Waals surface area (Å²) >= 11 is 0. The van der Waals surface area contributed by atoms with E-state index in [1.807, 2.05) is 0 Å². The van der Waals surface area contributed by atoms with Crippen LogP contribution in [0.1, 0.15) is 0 Å². The fourth-order valence-electron chi connectivity index (χ4n) is 1.24. The molecule has 0 atom stereocenters. The lowest BCUT2D eigenvalue weighted by Crippen LogP contribution is -2.36. The van der Waals surface area contributed by atoms with Crippen LogP contribution in [0.2, 0.25) is 0 Å². The highest BCUT2D eigenvalue weighted by molar-refractivity contribution is 5.93. The number of hydrogen-bond donors (Lipinski definition) is 3. The predicted molar refractivity (Wildman–Crippen MR) is 54.8 cm³/mol. The van der Waals surface area contributed by atoms with Gasteiger partial charge < -0.3 is 20.6 Å². The van der Waals surface area contributed by atoms with Gasteiger partial charge in [-0.15, -0.1) is 0 Å². The molecule has 1 fully saturated rings. The molecule has 0 aromatic carbocycles. The van der Waals surface area contributed by atoms with Crippen LogP contribution in [-0.4, -0.2) is 54.1 Å². The van der Waals surface area contributed by atoms with Crippen LogP contribution < -0.4 is 10.6 Å². The van der Waals surface area contributed by atoms with Gasteiger partial charge in [0.25, 0.3) is 0 Å². The number of aliphatic carboxylic acids is 1. The van der Waals surface area contributed by atoms with Crippen molar-refractivity contribution in [1.29, 1.82) is 0 Å². The fourth-order valence-corrected chi connectivity index (χ4v) is 1.24. The Kier molecular flexibility index (Phi) is 4.31. The molecule has 88 valence electrons. The zero-order chi connectivity index (χ0) is 12.0. The first-order chi connectivity index (χ1) is 7.59. The van der Waals surface area contributed by atoms with Crippen LogP contribution >= 0.6 is 0 Å². The number of carbonyl (C=O) groups is 3. The van der Waals surface area contributed by atoms with Crippen LogP contribution in [0.3, 0.4) is 0 Å². The van der Waals surface area contributed by atoms with E-state index in [2.05, 4.69) is 10.6 Å². The lowest BCUT2D eigenvalue weighted by atomic mass is 10.4. The van der Waals surface area contributed by atoms with E-state index >= 15 is 0 Å². The van der Waals surface area contributed by atoms with E-state index in [-0.39, 0.29) is 6.03 Å². The number of nitrogens with one attached hydrogen (secondary N) is 2. The maximum atomic E-state index is 11.1. The lowest BCUT2D eigenvalue weighted by Gasteiger charge is -2.13. The van der Waals surface area contributed by atoms with Gasteiger partial charge in [0.2, 0.25) is 5.91 Å². The minimum Gasteiger partial charge on any atom is -0.478 e. The maximum Gasteiger partial charge on any atom is 0.328 e. The van der Waals surface area contributed by atoms with Gasteiger partial charge in [-0.05, 0) is 0 Å². The molecule has 1 heterocycles. The summed E-state index contributed by atoms with van der Waals surface area (Å²) in [6, 6.07) is -0.143. The van der Waals surface area contributed by atoms with Crippen LogP contribution in [0, 0.1) is 0 Å². The Morgan fingerprint density at radius 3 is 2.81 bits per heavy atom. The van der Waals surface area contributed by atoms with E-state index in [4.69, 9.17) is 5.11 Å². The number of urea groups is 1. The van der Waals surface area contributed by atoms with Gasteiger partial charge in [-0.3, -0.25) is 4.79 Å². The van der Waals surface area contributed by atoms with E-state index in [1.165, 1.54) is 0 Å². The Balaban J connectivity index is 2.17. The Bertz CT molecular complexity index is 327. The van der Waals surface area contributed by atoms with E-state index < -0.39 is 11.9 Å². The van der Waals surface area contributed by atoms with Crippen LogP contribution in [0.15, 0.2) is 12.2 Å². The summed E-state index contributed by atoms with van der Waals surface area (Å²) in [7, 11) is 0. The van der Waals surface area contributed by atoms with Gasteiger partial charge >= 0.3 is 12.0 Å². The van der Waals surface area contributed by atoms with Crippen molar-refractivity contribution in [2.45, 2.75) is 0 Å². The molecule has 0 bridgehead atoms. The monoisotopic (exact) mass is 227 g/mol. The molecule has 1 aliphatic heterocycles. The zero-order valence-corrected chi connectivity index (χ0v) is 8.60. The van der Waals surface area contributed by atoms with Crippen molar-refractivity contribution in [1.82, 2.24) is 15.5 Å². The average Bonchev–Trinajstić information content (AvgIpc) is 2.61. The number of carbonyl (C=O) groups excluding carboxylic acids is 2. The molecule has 0 radical (unpaired) electrons. The molecule has 0 aliphatic carbocycles. The van der Waals surface area contributed by atoms with Gasteiger partial charge in [0.15, 0.2) is 0 Å². The molecule has 16 heavy (non-hydrogen) atoms. The highest BCUT2D eigenvalue weighted by Gasteiger charge is 2.18. The molecule has 7 nitrogen and oxygen atoms in total. The molecular weight excluding hydrogens is 214 g/mol. The van der Waals surface area contributed by atoms with Gasteiger partial charge in [0, 0.05) is 38.3 Å². The first kappa shape index (κ1) is 12.0. The Morgan fingerprint density at radius 1 is 1.50 bits per heavy atom. The van der Waals surface area contributed by atoms with Crippen molar-refractivity contribution < 1.29 is 19.5 Å². The number of amides is 3. The van der Waals surface area contributed by atoms with Gasteiger partial charge in [0.05, 0.1) is 0 Å². The minimum absolute atomic E-state index is 0.143. The molecule has 7 heteroatoms. The topological polar surface area (TPSA) is 98.7 Å². The van der Waals surface area contributed by atoms with Crippen molar-refractivity contribution >= 4 is 17.9 Å². The van der Waals surface area contributed by atoms with Crippen molar-refractivity contribution in [3.05, 3.63) is 12.2 Å². The van der Waals surface area contributed by atoms with Crippen molar-refractivity contribution in [3.8, 4) is 0 Å². The van der Waals surface area contributed by atoms with Gasteiger partial charge in [-0.25, -0.2) is 9.59 Å². The summed E-state index contributed by atoms with van der Waals surface area (Å²) in [5.74, 6) is -1.66. The summed E-state index contributed by atoms with van der Waals surface area (Å²) in [6.45, 7) is 1.96. The quantitative estimate of drug-likeness (QED) is 0.512. The number of rotatable bonds is 5. The smallest absolute Gasteiger partial charge is 0.328 e. The Hall–Kier alpha value is -2.05. The third-order valence-corrected chi connectivity index (χ3v) is 2.00. The normalized spacial score (nSPS) is 15.2. The number of carboxylic acids is 1. The third-order valence-electron chi connectivity index (χ3n) is 2.00. The maximum absolute atomic E-state index is 11.1. The van der Waals surface area contributed by atoms with Crippen LogP contribution in [-0.2, 0) is 9.59 Å². The summed E-state index contributed by atoms with van der Waals surface area (Å²) in [5.41, 5.74) is 0. The number of nitrogens with zero attached hydrogens (tertiary/aromatic N) is 1. The summed E-state index contributed by atoms with van der Waals surface area (Å²) in [5, 5.41) is 13.4. The summed E-state index contributed by atoms with van der Waals surface area (Å²) in [6.07, 6.45) is 1.70. The molecule has 3 amide bonds. The summed E-state index contributed by atoms with van der Waals surface area (Å²) < 4.78 is 0. The molecule has 0 unspecified atom stereocenters. The number of hydrogen-bond acceptors (Lipinski definition) is 3. The van der Waals surface area contributed by atoms with E-state index in [1.54, 1.807) is 4.90 Å². The second-order valence-corrected chi connectivity index (χ2v) is 3.18. The van der Waals surface area contributed by atoms with Gasteiger partial charge in [0.1, 0.15) is 0 Å². The molecule has 1 rings (SSSR count). The van der Waals surface area contributed by atoms with Crippen LogP contribution in [0.4, 0.5) is 4.79 Å². The molecule has 0 aromatic heterocycles. The Morgan fingerprint density at radius 2 is 2.25 bits per heavy atom. The molecule has 3 N–H and O–H groups in total. The highest BCUT2D eigenvalue weighted by Crippen LogP contribution is 1.94. The van der Waals surface area contributed by atoms with Crippen LogP contribution in [0.25, 0.3) is 0 Å². The molecule has 0 spiro atoms. The number of carboxylic acid groups (broad SMARTS) is 1. The second-order valence-electron chi connectivity index (χ2n) is 3.18. The van der Waals surface area contributed by atoms with E-state index in [9.17, 15) is 14.4 Å². The van der Waals surface area contributed by atoms with Gasteiger partial charge in [-0.1, -0.05) is 0 Å². The first-order valence-corrected chi connectivity index (χ1v) is 4.81. The molecule has 0 aromatic rings.